The Morgan fingerprint density at radius 2 is 1.43 bits per heavy atom. The van der Waals surface area contributed by atoms with Crippen molar-refractivity contribution >= 4 is 17.9 Å². The molecule has 0 aromatic rings. The van der Waals surface area contributed by atoms with Gasteiger partial charge in [-0.1, -0.05) is 12.8 Å². The average Bonchev–Trinajstić information content (AvgIpc) is 2.85. The molecule has 1 saturated heterocycles. The summed E-state index contributed by atoms with van der Waals surface area (Å²) in [7, 11) is 0. The molecule has 1 N–H and O–H groups in total. The molecule has 4 bridgehead atoms. The lowest BCUT2D eigenvalue weighted by Gasteiger charge is -2.48. The van der Waals surface area contributed by atoms with E-state index in [4.69, 9.17) is 4.74 Å². The van der Waals surface area contributed by atoms with E-state index in [1.165, 1.54) is 25.7 Å². The number of hydrogen-bond donors (Lipinski definition) is 1. The van der Waals surface area contributed by atoms with Gasteiger partial charge >= 0.3 is 6.09 Å². The van der Waals surface area contributed by atoms with Crippen LogP contribution in [0, 0.1) is 17.8 Å². The van der Waals surface area contributed by atoms with Crippen molar-refractivity contribution in [3.8, 4) is 0 Å². The third kappa shape index (κ3) is 4.92. The van der Waals surface area contributed by atoms with E-state index >= 15 is 0 Å². The average molecular weight is 420 g/mol. The summed E-state index contributed by atoms with van der Waals surface area (Å²) in [4.78, 5) is 41.0. The summed E-state index contributed by atoms with van der Waals surface area (Å²) in [5.41, 5.74) is -0.599. The summed E-state index contributed by atoms with van der Waals surface area (Å²) in [6.07, 6.45) is 8.11. The molecular formula is C23H37N3O4. The van der Waals surface area contributed by atoms with Crippen LogP contribution in [-0.4, -0.2) is 65.0 Å². The van der Waals surface area contributed by atoms with E-state index in [0.29, 0.717) is 26.2 Å². The third-order valence-corrected chi connectivity index (χ3v) is 7.36. The lowest BCUT2D eigenvalue weighted by atomic mass is 9.63. The highest BCUT2D eigenvalue weighted by atomic mass is 16.6. The number of nitrogens with one attached hydrogen (secondary N) is 1. The Hall–Kier alpha value is -1.79. The summed E-state index contributed by atoms with van der Waals surface area (Å²) in [5.74, 6) is 1.97. The number of hydrogen-bond acceptors (Lipinski definition) is 4. The predicted octanol–water partition coefficient (Wildman–Crippen LogP) is 2.93. The Morgan fingerprint density at radius 1 is 0.900 bits per heavy atom. The second kappa shape index (κ2) is 8.04. The maximum Gasteiger partial charge on any atom is 0.410 e. The van der Waals surface area contributed by atoms with E-state index in [1.54, 1.807) is 9.80 Å². The maximum atomic E-state index is 12.8. The predicted molar refractivity (Wildman–Crippen MR) is 113 cm³/mol. The van der Waals surface area contributed by atoms with Crippen LogP contribution in [0.3, 0.4) is 0 Å². The minimum Gasteiger partial charge on any atom is -0.444 e. The first-order valence-electron chi connectivity index (χ1n) is 11.7. The van der Waals surface area contributed by atoms with Crippen molar-refractivity contribution in [1.82, 2.24) is 15.1 Å². The van der Waals surface area contributed by atoms with E-state index < -0.39 is 5.60 Å². The Morgan fingerprint density at radius 3 is 2.00 bits per heavy atom. The van der Waals surface area contributed by atoms with E-state index in [0.717, 1.165) is 37.0 Å². The maximum absolute atomic E-state index is 12.8. The van der Waals surface area contributed by atoms with Gasteiger partial charge in [0.05, 0.1) is 0 Å². The SMILES string of the molecule is CC(C)(C)OC(=O)N1CCN(C(=O)CC(=O)NC23CC4CCC(CC(C4)C2)C3)CC1. The number of carbonyl (C=O) groups is 3. The Labute approximate surface area is 179 Å². The standard InChI is InChI=1S/C23H37N3O4/c1-22(2,3)30-21(29)26-8-6-25(7-9-26)20(28)12-19(27)24-23-13-16-4-5-17(14-23)11-18(10-16)15-23/h16-18H,4-15H2,1-3H3,(H,24,27). The van der Waals surface area contributed by atoms with Crippen LogP contribution >= 0.6 is 0 Å². The molecule has 2 atom stereocenters. The second-order valence-electron chi connectivity index (χ2n) is 11.1. The number of piperazine rings is 1. The molecule has 4 saturated carbocycles. The molecule has 7 nitrogen and oxygen atoms in total. The van der Waals surface area contributed by atoms with Crippen LogP contribution in [0.4, 0.5) is 4.79 Å². The number of rotatable bonds is 3. The van der Waals surface area contributed by atoms with Crippen molar-refractivity contribution in [3.05, 3.63) is 0 Å². The van der Waals surface area contributed by atoms with Gasteiger partial charge in [-0.3, -0.25) is 9.59 Å². The highest BCUT2D eigenvalue weighted by molar-refractivity contribution is 5.97. The molecule has 3 amide bonds. The third-order valence-electron chi connectivity index (χ3n) is 7.36. The Balaban J connectivity index is 1.26. The molecule has 30 heavy (non-hydrogen) atoms. The molecule has 0 spiro atoms. The highest BCUT2D eigenvalue weighted by Crippen LogP contribution is 2.53. The largest absolute Gasteiger partial charge is 0.444 e. The van der Waals surface area contributed by atoms with Gasteiger partial charge in [-0.05, 0) is 70.6 Å². The van der Waals surface area contributed by atoms with Crippen molar-refractivity contribution in [2.75, 3.05) is 26.2 Å². The Kier molecular flexibility index (Phi) is 5.75. The van der Waals surface area contributed by atoms with Crippen molar-refractivity contribution < 1.29 is 19.1 Å². The summed E-state index contributed by atoms with van der Waals surface area (Å²) in [5, 5.41) is 3.32. The van der Waals surface area contributed by atoms with Crippen molar-refractivity contribution in [2.24, 2.45) is 17.8 Å². The summed E-state index contributed by atoms with van der Waals surface area (Å²) < 4.78 is 5.40. The fourth-order valence-electron chi connectivity index (χ4n) is 6.40. The van der Waals surface area contributed by atoms with Gasteiger partial charge in [0.1, 0.15) is 12.0 Å². The molecule has 4 aliphatic carbocycles. The van der Waals surface area contributed by atoms with Crippen LogP contribution in [0.2, 0.25) is 0 Å². The quantitative estimate of drug-likeness (QED) is 0.714. The van der Waals surface area contributed by atoms with Crippen molar-refractivity contribution in [3.63, 3.8) is 0 Å². The van der Waals surface area contributed by atoms with Crippen LogP contribution in [0.25, 0.3) is 0 Å². The van der Waals surface area contributed by atoms with Gasteiger partial charge in [0.25, 0.3) is 0 Å². The summed E-state index contributed by atoms with van der Waals surface area (Å²) in [6.45, 7) is 7.30. The van der Waals surface area contributed by atoms with Crippen LogP contribution in [0.15, 0.2) is 0 Å². The molecule has 5 rings (SSSR count). The number of nitrogens with zero attached hydrogens (tertiary/aromatic N) is 2. The fraction of sp³-hybridized carbons (Fsp3) is 0.870. The zero-order chi connectivity index (χ0) is 21.5. The van der Waals surface area contributed by atoms with E-state index in [-0.39, 0.29) is 29.9 Å². The topological polar surface area (TPSA) is 79.0 Å². The van der Waals surface area contributed by atoms with Gasteiger partial charge < -0.3 is 19.9 Å². The fourth-order valence-corrected chi connectivity index (χ4v) is 6.40. The van der Waals surface area contributed by atoms with Crippen LogP contribution in [0.5, 0.6) is 0 Å². The van der Waals surface area contributed by atoms with E-state index in [1.807, 2.05) is 20.8 Å². The highest BCUT2D eigenvalue weighted by Gasteiger charge is 2.49. The molecule has 5 aliphatic rings. The molecule has 5 fully saturated rings. The molecule has 168 valence electrons. The number of carbonyl (C=O) groups excluding carboxylic acids is 3. The van der Waals surface area contributed by atoms with E-state index in [2.05, 4.69) is 5.32 Å². The minimum atomic E-state index is -0.530. The first-order valence-corrected chi connectivity index (χ1v) is 11.7. The molecule has 2 unspecified atom stereocenters. The Bertz CT molecular complexity index is 677. The molecule has 7 heteroatoms. The summed E-state index contributed by atoms with van der Waals surface area (Å²) in [6, 6.07) is 0. The number of ether oxygens (including phenoxy) is 1. The normalized spacial score (nSPS) is 33.2. The van der Waals surface area contributed by atoms with Gasteiger partial charge in [-0.2, -0.15) is 0 Å². The monoisotopic (exact) mass is 419 g/mol. The first-order chi connectivity index (χ1) is 14.1. The molecule has 0 radical (unpaired) electrons. The lowest BCUT2D eigenvalue weighted by Crippen LogP contribution is -2.56. The molecule has 0 aromatic heterocycles. The zero-order valence-corrected chi connectivity index (χ0v) is 18.7. The van der Waals surface area contributed by atoms with Gasteiger partial charge in [0, 0.05) is 31.7 Å². The van der Waals surface area contributed by atoms with Crippen molar-refractivity contribution in [2.45, 2.75) is 83.3 Å². The van der Waals surface area contributed by atoms with E-state index in [9.17, 15) is 14.4 Å². The second-order valence-corrected chi connectivity index (χ2v) is 11.1. The molecule has 1 heterocycles. The van der Waals surface area contributed by atoms with Crippen LogP contribution < -0.4 is 5.32 Å². The van der Waals surface area contributed by atoms with Gasteiger partial charge in [-0.15, -0.1) is 0 Å². The van der Waals surface area contributed by atoms with Crippen LogP contribution in [-0.2, 0) is 14.3 Å². The molecule has 0 aromatic carbocycles. The minimum absolute atomic E-state index is 0.0697. The van der Waals surface area contributed by atoms with Gasteiger partial charge in [-0.25, -0.2) is 4.79 Å². The lowest BCUT2D eigenvalue weighted by molar-refractivity contribution is -0.138. The molecule has 1 aliphatic heterocycles. The number of fused-ring (bicyclic) bond motifs is 1. The smallest absolute Gasteiger partial charge is 0.410 e. The van der Waals surface area contributed by atoms with Gasteiger partial charge in [0.2, 0.25) is 11.8 Å². The molecular weight excluding hydrogens is 382 g/mol. The number of amides is 3. The summed E-state index contributed by atoms with van der Waals surface area (Å²) >= 11 is 0. The zero-order valence-electron chi connectivity index (χ0n) is 18.7. The first kappa shape index (κ1) is 21.4. The van der Waals surface area contributed by atoms with Crippen LogP contribution in [0.1, 0.15) is 72.1 Å². The van der Waals surface area contributed by atoms with Crippen molar-refractivity contribution in [1.29, 1.82) is 0 Å². The van der Waals surface area contributed by atoms with Gasteiger partial charge in [0.15, 0.2) is 0 Å².